The molecule has 0 spiro atoms. The number of piperidine rings is 1. The molecule has 1 amide bonds. The molecule has 3 aromatic carbocycles. The molecule has 0 atom stereocenters. The number of amides is 1. The first-order valence-electron chi connectivity index (χ1n) is 10.9. The van der Waals surface area contributed by atoms with Crippen LogP contribution < -0.4 is 10.1 Å². The van der Waals surface area contributed by atoms with E-state index in [1.807, 2.05) is 0 Å². The monoisotopic (exact) mass is 452 g/mol. The van der Waals surface area contributed by atoms with Crippen LogP contribution in [0.4, 0.5) is 0 Å². The normalized spacial score (nSPS) is 15.1. The number of hydrogen-bond acceptors (Lipinski definition) is 4. The lowest BCUT2D eigenvalue weighted by atomic mass is 10.0. The molecule has 6 heteroatoms. The Labute approximate surface area is 194 Å². The zero-order valence-corrected chi connectivity index (χ0v) is 19.3. The summed E-state index contributed by atoms with van der Waals surface area (Å²) in [5, 5.41) is 6.13. The lowest BCUT2D eigenvalue weighted by Gasteiger charge is -2.32. The van der Waals surface area contributed by atoms with Gasteiger partial charge in [-0.2, -0.15) is 0 Å². The molecule has 0 saturated carbocycles. The SMILES string of the molecule is COCc1ccc2ccc(CN3CCC(NC(=O)c4cc(Cl)cc(OC)c4)CC3)cc2c1. The zero-order chi connectivity index (χ0) is 22.5. The number of ether oxygens (including phenoxy) is 2. The summed E-state index contributed by atoms with van der Waals surface area (Å²) in [5.74, 6) is 0.479. The van der Waals surface area contributed by atoms with E-state index in [0.29, 0.717) is 22.9 Å². The molecule has 4 rings (SSSR count). The highest BCUT2D eigenvalue weighted by atomic mass is 35.5. The number of methoxy groups -OCH3 is 2. The summed E-state index contributed by atoms with van der Waals surface area (Å²) in [7, 11) is 3.29. The number of nitrogens with zero attached hydrogens (tertiary/aromatic N) is 1. The first-order valence-corrected chi connectivity index (χ1v) is 11.3. The maximum atomic E-state index is 12.7. The summed E-state index contributed by atoms with van der Waals surface area (Å²) in [4.78, 5) is 15.1. The second kappa shape index (κ2) is 10.3. The fourth-order valence-electron chi connectivity index (χ4n) is 4.27. The summed E-state index contributed by atoms with van der Waals surface area (Å²) in [6.45, 7) is 3.44. The summed E-state index contributed by atoms with van der Waals surface area (Å²) in [6, 6.07) is 18.4. The van der Waals surface area contributed by atoms with Crippen LogP contribution in [0.2, 0.25) is 5.02 Å². The second-order valence-corrected chi connectivity index (χ2v) is 8.79. The average Bonchev–Trinajstić information content (AvgIpc) is 2.80. The van der Waals surface area contributed by atoms with Gasteiger partial charge in [0.05, 0.1) is 13.7 Å². The molecular formula is C26H29ClN2O3. The van der Waals surface area contributed by atoms with Gasteiger partial charge in [-0.05, 0) is 65.1 Å². The molecule has 168 valence electrons. The number of likely N-dealkylation sites (tertiary alicyclic amines) is 1. The topological polar surface area (TPSA) is 50.8 Å². The Morgan fingerprint density at radius 3 is 2.44 bits per heavy atom. The molecule has 0 bridgehead atoms. The van der Waals surface area contributed by atoms with Crippen LogP contribution in [-0.4, -0.2) is 44.2 Å². The minimum absolute atomic E-state index is 0.106. The molecule has 3 aromatic rings. The van der Waals surface area contributed by atoms with E-state index in [1.54, 1.807) is 32.4 Å². The lowest BCUT2D eigenvalue weighted by molar-refractivity contribution is 0.0908. The molecule has 5 nitrogen and oxygen atoms in total. The van der Waals surface area contributed by atoms with Crippen molar-refractivity contribution in [3.63, 3.8) is 0 Å². The maximum Gasteiger partial charge on any atom is 0.251 e. The lowest BCUT2D eigenvalue weighted by Crippen LogP contribution is -2.44. The minimum atomic E-state index is -0.106. The molecule has 0 aliphatic carbocycles. The van der Waals surface area contributed by atoms with E-state index in [2.05, 4.69) is 46.6 Å². The van der Waals surface area contributed by atoms with Crippen molar-refractivity contribution in [2.75, 3.05) is 27.3 Å². The number of nitrogens with one attached hydrogen (secondary N) is 1. The Hall–Kier alpha value is -2.60. The van der Waals surface area contributed by atoms with Crippen molar-refractivity contribution in [3.8, 4) is 5.75 Å². The Morgan fingerprint density at radius 1 is 1.00 bits per heavy atom. The highest BCUT2D eigenvalue weighted by Crippen LogP contribution is 2.23. The number of fused-ring (bicyclic) bond motifs is 1. The molecule has 1 aliphatic rings. The van der Waals surface area contributed by atoms with E-state index in [-0.39, 0.29) is 11.9 Å². The third-order valence-corrected chi connectivity index (χ3v) is 6.20. The third-order valence-electron chi connectivity index (χ3n) is 5.98. The highest BCUT2D eigenvalue weighted by Gasteiger charge is 2.21. The van der Waals surface area contributed by atoms with Crippen molar-refractivity contribution in [1.82, 2.24) is 10.2 Å². The molecule has 0 aromatic heterocycles. The van der Waals surface area contributed by atoms with Crippen molar-refractivity contribution in [2.24, 2.45) is 0 Å². The van der Waals surface area contributed by atoms with Gasteiger partial charge >= 0.3 is 0 Å². The standard InChI is InChI=1S/C26H29ClN2O3/c1-31-17-19-4-6-20-5-3-18(11-21(20)12-19)16-29-9-7-24(8-10-29)28-26(30)22-13-23(27)15-25(14-22)32-2/h3-6,11-15,24H,7-10,16-17H2,1-2H3,(H,28,30). The molecule has 1 aliphatic heterocycles. The molecule has 32 heavy (non-hydrogen) atoms. The molecule has 0 unspecified atom stereocenters. The van der Waals surface area contributed by atoms with E-state index in [0.717, 1.165) is 32.5 Å². The van der Waals surface area contributed by atoms with Crippen LogP contribution in [0.1, 0.15) is 34.3 Å². The summed E-state index contributed by atoms with van der Waals surface area (Å²) in [6.07, 6.45) is 1.85. The van der Waals surface area contributed by atoms with E-state index in [1.165, 1.54) is 21.9 Å². The zero-order valence-electron chi connectivity index (χ0n) is 18.6. The molecule has 1 saturated heterocycles. The van der Waals surface area contributed by atoms with E-state index in [9.17, 15) is 4.79 Å². The molecule has 1 N–H and O–H groups in total. The smallest absolute Gasteiger partial charge is 0.251 e. The quantitative estimate of drug-likeness (QED) is 0.545. The summed E-state index contributed by atoms with van der Waals surface area (Å²) >= 11 is 6.10. The van der Waals surface area contributed by atoms with Crippen LogP contribution in [0, 0.1) is 0 Å². The fourth-order valence-corrected chi connectivity index (χ4v) is 4.50. The molecule has 0 radical (unpaired) electrons. The van der Waals surface area contributed by atoms with Gasteiger partial charge in [0.25, 0.3) is 5.91 Å². The van der Waals surface area contributed by atoms with Crippen LogP contribution in [0.5, 0.6) is 5.75 Å². The van der Waals surface area contributed by atoms with E-state index < -0.39 is 0 Å². The minimum Gasteiger partial charge on any atom is -0.497 e. The number of rotatable bonds is 7. The van der Waals surface area contributed by atoms with Crippen LogP contribution in [0.3, 0.4) is 0 Å². The average molecular weight is 453 g/mol. The van der Waals surface area contributed by atoms with Gasteiger partial charge in [0, 0.05) is 43.4 Å². The number of benzene rings is 3. The van der Waals surface area contributed by atoms with Gasteiger partial charge in [-0.25, -0.2) is 0 Å². The van der Waals surface area contributed by atoms with Gasteiger partial charge in [-0.15, -0.1) is 0 Å². The second-order valence-electron chi connectivity index (χ2n) is 8.35. The van der Waals surface area contributed by atoms with Gasteiger partial charge in [0.15, 0.2) is 0 Å². The summed E-state index contributed by atoms with van der Waals surface area (Å²) < 4.78 is 10.5. The first-order chi connectivity index (χ1) is 15.5. The predicted octanol–water partition coefficient (Wildman–Crippen LogP) is 5.04. The third kappa shape index (κ3) is 5.60. The van der Waals surface area contributed by atoms with Gasteiger partial charge < -0.3 is 14.8 Å². The maximum absolute atomic E-state index is 12.7. The van der Waals surface area contributed by atoms with Gasteiger partial charge in [0.1, 0.15) is 5.75 Å². The van der Waals surface area contributed by atoms with Crippen molar-refractivity contribution in [1.29, 1.82) is 0 Å². The first kappa shape index (κ1) is 22.6. The largest absolute Gasteiger partial charge is 0.497 e. The number of carbonyl (C=O) groups excluding carboxylic acids is 1. The van der Waals surface area contributed by atoms with Gasteiger partial charge in [-0.3, -0.25) is 9.69 Å². The fraction of sp³-hybridized carbons (Fsp3) is 0.346. The van der Waals surface area contributed by atoms with Crippen LogP contribution >= 0.6 is 11.6 Å². The molecular weight excluding hydrogens is 424 g/mol. The Balaban J connectivity index is 1.33. The van der Waals surface area contributed by atoms with Crippen LogP contribution in [0.25, 0.3) is 10.8 Å². The van der Waals surface area contributed by atoms with Gasteiger partial charge in [-0.1, -0.05) is 35.9 Å². The Bertz CT molecular complexity index is 1090. The number of carbonyl (C=O) groups is 1. The Kier molecular flexibility index (Phi) is 7.30. The predicted molar refractivity (Wildman–Crippen MR) is 128 cm³/mol. The number of hydrogen-bond donors (Lipinski definition) is 1. The molecule has 1 heterocycles. The number of halogens is 1. The van der Waals surface area contributed by atoms with E-state index >= 15 is 0 Å². The van der Waals surface area contributed by atoms with E-state index in [4.69, 9.17) is 21.1 Å². The van der Waals surface area contributed by atoms with Crippen LogP contribution in [0.15, 0.2) is 54.6 Å². The van der Waals surface area contributed by atoms with Gasteiger partial charge in [0.2, 0.25) is 0 Å². The highest BCUT2D eigenvalue weighted by molar-refractivity contribution is 6.31. The van der Waals surface area contributed by atoms with Crippen LogP contribution in [-0.2, 0) is 17.9 Å². The van der Waals surface area contributed by atoms with Crippen molar-refractivity contribution < 1.29 is 14.3 Å². The van der Waals surface area contributed by atoms with Crippen molar-refractivity contribution in [2.45, 2.75) is 32.0 Å². The summed E-state index contributed by atoms with van der Waals surface area (Å²) in [5.41, 5.74) is 3.02. The Morgan fingerprint density at radius 2 is 1.72 bits per heavy atom. The van der Waals surface area contributed by atoms with Crippen molar-refractivity contribution >= 4 is 28.3 Å². The molecule has 1 fully saturated rings. The van der Waals surface area contributed by atoms with Crippen molar-refractivity contribution in [3.05, 3.63) is 76.3 Å².